The molecule has 0 saturated carbocycles. The molecule has 0 radical (unpaired) electrons. The van der Waals surface area contributed by atoms with Crippen molar-refractivity contribution in [2.45, 2.75) is 19.5 Å². The van der Waals surface area contributed by atoms with Gasteiger partial charge in [-0.25, -0.2) is 4.79 Å². The van der Waals surface area contributed by atoms with E-state index < -0.39 is 7.26 Å². The zero-order chi connectivity index (χ0) is 22.2. The van der Waals surface area contributed by atoms with E-state index in [2.05, 4.69) is 103 Å². The van der Waals surface area contributed by atoms with Crippen LogP contribution in [0.2, 0.25) is 0 Å². The molecule has 0 fully saturated rings. The number of esters is 1. The SMILES string of the molecule is CCCOC(=O)c1ccc(C[P+](c2ccccc2)(c2ccccc2)c2ccccc2)cc1. The zero-order valence-electron chi connectivity index (χ0n) is 18.4. The van der Waals surface area contributed by atoms with Gasteiger partial charge in [0.15, 0.2) is 0 Å². The first kappa shape index (κ1) is 22.0. The van der Waals surface area contributed by atoms with Gasteiger partial charge in [-0.15, -0.1) is 0 Å². The summed E-state index contributed by atoms with van der Waals surface area (Å²) in [5.41, 5.74) is 1.81. The van der Waals surface area contributed by atoms with Crippen molar-refractivity contribution in [3.05, 3.63) is 126 Å². The summed E-state index contributed by atoms with van der Waals surface area (Å²) in [6.45, 7) is 2.45. The largest absolute Gasteiger partial charge is 0.462 e. The molecule has 0 aliphatic heterocycles. The Morgan fingerprint density at radius 3 is 1.50 bits per heavy atom. The molecule has 0 heterocycles. The van der Waals surface area contributed by atoms with Crippen molar-refractivity contribution in [2.75, 3.05) is 6.61 Å². The summed E-state index contributed by atoms with van der Waals surface area (Å²) in [7, 11) is -1.95. The van der Waals surface area contributed by atoms with Crippen LogP contribution in [0.15, 0.2) is 115 Å². The van der Waals surface area contributed by atoms with E-state index in [1.165, 1.54) is 21.5 Å². The number of carbonyl (C=O) groups is 1. The van der Waals surface area contributed by atoms with Gasteiger partial charge in [-0.3, -0.25) is 0 Å². The van der Waals surface area contributed by atoms with E-state index in [4.69, 9.17) is 4.74 Å². The first-order valence-electron chi connectivity index (χ1n) is 11.0. The molecule has 0 spiro atoms. The highest BCUT2D eigenvalue weighted by Gasteiger charge is 2.45. The van der Waals surface area contributed by atoms with Gasteiger partial charge < -0.3 is 4.74 Å². The molecule has 4 rings (SSSR count). The first-order valence-corrected chi connectivity index (χ1v) is 13.0. The third-order valence-electron chi connectivity index (χ3n) is 5.64. The Kier molecular flexibility index (Phi) is 7.14. The second-order valence-electron chi connectivity index (χ2n) is 7.81. The normalized spacial score (nSPS) is 11.2. The van der Waals surface area contributed by atoms with Gasteiger partial charge in [-0.2, -0.15) is 0 Å². The standard InChI is InChI=1S/C29H28O2P/c1-2-22-31-29(30)25-20-18-24(19-21-25)23-32(26-12-6-3-7-13-26,27-14-8-4-9-15-27)28-16-10-5-11-17-28/h3-21H,2,22-23H2,1H3/q+1. The summed E-state index contributed by atoms with van der Waals surface area (Å²) in [5, 5.41) is 4.05. The fourth-order valence-electron chi connectivity index (χ4n) is 4.07. The quantitative estimate of drug-likeness (QED) is 0.258. The van der Waals surface area contributed by atoms with Crippen molar-refractivity contribution in [3.8, 4) is 0 Å². The first-order chi connectivity index (χ1) is 15.7. The Bertz CT molecular complexity index is 1030. The molecular formula is C29H28O2P+. The van der Waals surface area contributed by atoms with Gasteiger partial charge in [0.2, 0.25) is 0 Å². The molecular weight excluding hydrogens is 411 g/mol. The predicted molar refractivity (Wildman–Crippen MR) is 136 cm³/mol. The van der Waals surface area contributed by atoms with E-state index in [0.29, 0.717) is 12.2 Å². The maximum absolute atomic E-state index is 12.2. The van der Waals surface area contributed by atoms with Crippen molar-refractivity contribution >= 4 is 29.1 Å². The Labute approximate surface area is 191 Å². The van der Waals surface area contributed by atoms with E-state index in [9.17, 15) is 4.79 Å². The Morgan fingerprint density at radius 1 is 0.656 bits per heavy atom. The smallest absolute Gasteiger partial charge is 0.338 e. The molecule has 0 aromatic heterocycles. The van der Waals surface area contributed by atoms with E-state index in [-0.39, 0.29) is 5.97 Å². The monoisotopic (exact) mass is 439 g/mol. The number of hydrogen-bond donors (Lipinski definition) is 0. The van der Waals surface area contributed by atoms with E-state index in [1.807, 2.05) is 19.1 Å². The highest BCUT2D eigenvalue weighted by molar-refractivity contribution is 7.95. The van der Waals surface area contributed by atoms with Gasteiger partial charge in [0, 0.05) is 0 Å². The molecule has 2 nitrogen and oxygen atoms in total. The van der Waals surface area contributed by atoms with Crippen LogP contribution in [0.5, 0.6) is 0 Å². The molecule has 0 unspecified atom stereocenters. The number of ether oxygens (including phenoxy) is 1. The highest BCUT2D eigenvalue weighted by Crippen LogP contribution is 2.58. The van der Waals surface area contributed by atoms with Crippen LogP contribution >= 0.6 is 7.26 Å². The molecule has 0 aliphatic carbocycles. The van der Waals surface area contributed by atoms with Crippen molar-refractivity contribution < 1.29 is 9.53 Å². The minimum Gasteiger partial charge on any atom is -0.462 e. The lowest BCUT2D eigenvalue weighted by molar-refractivity contribution is 0.0505. The van der Waals surface area contributed by atoms with Crippen molar-refractivity contribution in [1.82, 2.24) is 0 Å². The summed E-state index contributed by atoms with van der Waals surface area (Å²) < 4.78 is 5.29. The average molecular weight is 440 g/mol. The molecule has 0 atom stereocenters. The Hall–Kier alpha value is -3.22. The van der Waals surface area contributed by atoms with E-state index >= 15 is 0 Å². The molecule has 0 bridgehead atoms. The number of hydrogen-bond acceptors (Lipinski definition) is 2. The van der Waals surface area contributed by atoms with Crippen LogP contribution in [0.3, 0.4) is 0 Å². The lowest BCUT2D eigenvalue weighted by atomic mass is 10.1. The molecule has 160 valence electrons. The van der Waals surface area contributed by atoms with Gasteiger partial charge in [-0.1, -0.05) is 73.7 Å². The van der Waals surface area contributed by atoms with Gasteiger partial charge >= 0.3 is 5.97 Å². The number of benzene rings is 4. The molecule has 4 aromatic carbocycles. The number of rotatable bonds is 8. The predicted octanol–water partition coefficient (Wildman–Crippen LogP) is 5.75. The summed E-state index contributed by atoms with van der Waals surface area (Å²) in [6.07, 6.45) is 1.71. The summed E-state index contributed by atoms with van der Waals surface area (Å²) >= 11 is 0. The molecule has 0 saturated heterocycles. The Morgan fingerprint density at radius 2 is 1.09 bits per heavy atom. The number of carbonyl (C=O) groups excluding carboxylic acids is 1. The zero-order valence-corrected chi connectivity index (χ0v) is 19.2. The van der Waals surface area contributed by atoms with Crippen LogP contribution in [-0.4, -0.2) is 12.6 Å². The van der Waals surface area contributed by atoms with Gasteiger partial charge in [-0.05, 0) is 60.5 Å². The highest BCUT2D eigenvalue weighted by atomic mass is 31.2. The summed E-state index contributed by atoms with van der Waals surface area (Å²) in [4.78, 5) is 12.2. The molecule has 0 N–H and O–H groups in total. The second-order valence-corrected chi connectivity index (χ2v) is 11.3. The average Bonchev–Trinajstić information content (AvgIpc) is 2.88. The minimum absolute atomic E-state index is 0.256. The molecule has 0 aliphatic rings. The van der Waals surface area contributed by atoms with Crippen molar-refractivity contribution in [1.29, 1.82) is 0 Å². The van der Waals surface area contributed by atoms with Crippen LogP contribution in [0.25, 0.3) is 0 Å². The molecule has 0 amide bonds. The van der Waals surface area contributed by atoms with Crippen LogP contribution in [0.1, 0.15) is 29.3 Å². The van der Waals surface area contributed by atoms with Crippen molar-refractivity contribution in [2.24, 2.45) is 0 Å². The third kappa shape index (κ3) is 4.66. The molecule has 4 aromatic rings. The summed E-state index contributed by atoms with van der Waals surface area (Å²) in [5.74, 6) is -0.256. The van der Waals surface area contributed by atoms with Crippen LogP contribution in [0.4, 0.5) is 0 Å². The molecule has 3 heteroatoms. The van der Waals surface area contributed by atoms with Crippen LogP contribution in [0, 0.1) is 0 Å². The topological polar surface area (TPSA) is 26.3 Å². The maximum atomic E-state index is 12.2. The summed E-state index contributed by atoms with van der Waals surface area (Å²) in [6, 6.07) is 40.4. The third-order valence-corrected chi connectivity index (χ3v) is 10.0. The fraction of sp³-hybridized carbons (Fsp3) is 0.138. The fourth-order valence-corrected chi connectivity index (χ4v) is 8.31. The van der Waals surface area contributed by atoms with E-state index in [1.54, 1.807) is 0 Å². The lowest BCUT2D eigenvalue weighted by Gasteiger charge is -2.28. The van der Waals surface area contributed by atoms with Gasteiger partial charge in [0.1, 0.15) is 23.2 Å². The van der Waals surface area contributed by atoms with Crippen molar-refractivity contribution in [3.63, 3.8) is 0 Å². The minimum atomic E-state index is -1.95. The van der Waals surface area contributed by atoms with Crippen LogP contribution < -0.4 is 15.9 Å². The van der Waals surface area contributed by atoms with E-state index in [0.717, 1.165) is 12.6 Å². The lowest BCUT2D eigenvalue weighted by Crippen LogP contribution is -2.32. The van der Waals surface area contributed by atoms with Gasteiger partial charge in [0.05, 0.1) is 18.3 Å². The Balaban J connectivity index is 1.81. The van der Waals surface area contributed by atoms with Crippen LogP contribution in [-0.2, 0) is 10.9 Å². The second kappa shape index (κ2) is 10.4. The van der Waals surface area contributed by atoms with Gasteiger partial charge in [0.25, 0.3) is 0 Å². The molecule has 32 heavy (non-hydrogen) atoms. The maximum Gasteiger partial charge on any atom is 0.338 e.